The van der Waals surface area contributed by atoms with E-state index in [4.69, 9.17) is 33.0 Å². The molecule has 1 aromatic heterocycles. The van der Waals surface area contributed by atoms with Gasteiger partial charge in [0.25, 0.3) is 0 Å². The Morgan fingerprint density at radius 3 is 2.63 bits per heavy atom. The molecule has 140 valence electrons. The molecule has 0 atom stereocenters. The summed E-state index contributed by atoms with van der Waals surface area (Å²) in [6, 6.07) is 12.4. The average molecular weight is 470 g/mol. The van der Waals surface area contributed by atoms with Gasteiger partial charge in [-0.1, -0.05) is 45.2 Å². The highest BCUT2D eigenvalue weighted by Crippen LogP contribution is 2.27. The summed E-state index contributed by atoms with van der Waals surface area (Å²) >= 11 is 15.6. The summed E-state index contributed by atoms with van der Waals surface area (Å²) < 4.78 is 8.48. The van der Waals surface area contributed by atoms with Gasteiger partial charge in [0.1, 0.15) is 12.4 Å². The number of ether oxygens (including phenoxy) is 1. The minimum Gasteiger partial charge on any atom is -0.488 e. The number of carboxylic acids is 1. The number of aromatic nitrogens is 2. The molecule has 0 aliphatic carbocycles. The van der Waals surface area contributed by atoms with Crippen molar-refractivity contribution in [3.63, 3.8) is 0 Å². The third-order valence-electron chi connectivity index (χ3n) is 3.94. The maximum absolute atomic E-state index is 11.1. The number of halogens is 3. The van der Waals surface area contributed by atoms with Crippen LogP contribution in [0.15, 0.2) is 46.9 Å². The molecule has 1 heterocycles. The lowest BCUT2D eigenvalue weighted by Crippen LogP contribution is -2.08. The van der Waals surface area contributed by atoms with Crippen molar-refractivity contribution >= 4 is 45.1 Å². The predicted molar refractivity (Wildman–Crippen MR) is 108 cm³/mol. The normalized spacial score (nSPS) is 10.8. The van der Waals surface area contributed by atoms with Crippen LogP contribution in [0.2, 0.25) is 10.0 Å². The Labute approximate surface area is 174 Å². The molecule has 0 spiro atoms. The Bertz CT molecular complexity index is 1000. The minimum atomic E-state index is -1.06. The Morgan fingerprint density at radius 2 is 1.96 bits per heavy atom. The van der Waals surface area contributed by atoms with E-state index in [1.54, 1.807) is 16.8 Å². The van der Waals surface area contributed by atoms with Gasteiger partial charge in [-0.15, -0.1) is 0 Å². The fraction of sp³-hybridized carbons (Fsp3) is 0.158. The van der Waals surface area contributed by atoms with E-state index in [1.165, 1.54) is 6.07 Å². The molecule has 0 radical (unpaired) electrons. The second kappa shape index (κ2) is 8.33. The smallest absolute Gasteiger partial charge is 0.356 e. The molecular formula is C19H15BrCl2N2O3. The molecule has 0 aliphatic rings. The van der Waals surface area contributed by atoms with Gasteiger partial charge in [0.05, 0.1) is 6.54 Å². The van der Waals surface area contributed by atoms with E-state index >= 15 is 0 Å². The molecular weight excluding hydrogens is 455 g/mol. The largest absolute Gasteiger partial charge is 0.488 e. The molecule has 0 aliphatic heterocycles. The SMILES string of the molecule is Cc1cc(C(=O)O)nn1Cc1cc(Br)ccc1OCc1ccc(Cl)cc1Cl. The Kier molecular flexibility index (Phi) is 6.09. The van der Waals surface area contributed by atoms with Crippen LogP contribution in [-0.4, -0.2) is 20.9 Å². The van der Waals surface area contributed by atoms with Crippen LogP contribution >= 0.6 is 39.1 Å². The lowest BCUT2D eigenvalue weighted by Gasteiger charge is -2.14. The molecule has 0 unspecified atom stereocenters. The molecule has 0 bridgehead atoms. The first-order valence-corrected chi connectivity index (χ1v) is 9.51. The van der Waals surface area contributed by atoms with Crippen LogP contribution in [0, 0.1) is 6.92 Å². The summed E-state index contributed by atoms with van der Waals surface area (Å²) in [5, 5.41) is 14.3. The third-order valence-corrected chi connectivity index (χ3v) is 5.02. The predicted octanol–water partition coefficient (Wildman–Crippen LogP) is 5.59. The maximum atomic E-state index is 11.1. The van der Waals surface area contributed by atoms with Crippen LogP contribution in [0.3, 0.4) is 0 Å². The number of hydrogen-bond donors (Lipinski definition) is 1. The van der Waals surface area contributed by atoms with E-state index < -0.39 is 5.97 Å². The van der Waals surface area contributed by atoms with E-state index in [0.29, 0.717) is 22.3 Å². The highest BCUT2D eigenvalue weighted by atomic mass is 79.9. The zero-order valence-electron chi connectivity index (χ0n) is 14.2. The number of aromatic carboxylic acids is 1. The van der Waals surface area contributed by atoms with Crippen molar-refractivity contribution in [3.8, 4) is 5.75 Å². The van der Waals surface area contributed by atoms with E-state index in [-0.39, 0.29) is 12.3 Å². The molecule has 3 rings (SSSR count). The highest BCUT2D eigenvalue weighted by Gasteiger charge is 2.13. The van der Waals surface area contributed by atoms with Crippen LogP contribution < -0.4 is 4.74 Å². The number of carbonyl (C=O) groups is 1. The summed E-state index contributed by atoms with van der Waals surface area (Å²) in [4.78, 5) is 11.1. The summed E-state index contributed by atoms with van der Waals surface area (Å²) in [5.41, 5.74) is 2.44. The van der Waals surface area contributed by atoms with Gasteiger partial charge < -0.3 is 9.84 Å². The fourth-order valence-electron chi connectivity index (χ4n) is 2.54. The average Bonchev–Trinajstić information content (AvgIpc) is 2.97. The molecule has 8 heteroatoms. The summed E-state index contributed by atoms with van der Waals surface area (Å²) in [5.74, 6) is -0.393. The monoisotopic (exact) mass is 468 g/mol. The first-order valence-electron chi connectivity index (χ1n) is 7.96. The molecule has 0 saturated heterocycles. The molecule has 5 nitrogen and oxygen atoms in total. The van der Waals surface area contributed by atoms with Crippen molar-refractivity contribution in [2.75, 3.05) is 0 Å². The highest BCUT2D eigenvalue weighted by molar-refractivity contribution is 9.10. The molecule has 0 amide bonds. The number of carboxylic acid groups (broad SMARTS) is 1. The van der Waals surface area contributed by atoms with Gasteiger partial charge in [-0.2, -0.15) is 5.10 Å². The van der Waals surface area contributed by atoms with E-state index in [2.05, 4.69) is 21.0 Å². The zero-order valence-corrected chi connectivity index (χ0v) is 17.3. The van der Waals surface area contributed by atoms with Crippen LogP contribution in [0.4, 0.5) is 0 Å². The second-order valence-corrected chi connectivity index (χ2v) is 7.67. The van der Waals surface area contributed by atoms with Gasteiger partial charge in [0.2, 0.25) is 0 Å². The molecule has 0 saturated carbocycles. The van der Waals surface area contributed by atoms with Crippen molar-refractivity contribution in [3.05, 3.63) is 79.5 Å². The third kappa shape index (κ3) is 4.83. The van der Waals surface area contributed by atoms with Gasteiger partial charge in [-0.3, -0.25) is 4.68 Å². The summed E-state index contributed by atoms with van der Waals surface area (Å²) in [7, 11) is 0. The van der Waals surface area contributed by atoms with E-state index in [1.807, 2.05) is 31.2 Å². The van der Waals surface area contributed by atoms with E-state index in [9.17, 15) is 4.79 Å². The Morgan fingerprint density at radius 1 is 1.19 bits per heavy atom. The van der Waals surface area contributed by atoms with Crippen LogP contribution in [0.5, 0.6) is 5.75 Å². The Hall–Kier alpha value is -2.02. The number of aryl methyl sites for hydroxylation is 1. The van der Waals surface area contributed by atoms with Gasteiger partial charge in [-0.05, 0) is 43.3 Å². The first kappa shape index (κ1) is 19.7. The summed E-state index contributed by atoms with van der Waals surface area (Å²) in [6.07, 6.45) is 0. The molecule has 3 aromatic rings. The number of nitrogens with zero attached hydrogens (tertiary/aromatic N) is 2. The molecule has 1 N–H and O–H groups in total. The lowest BCUT2D eigenvalue weighted by molar-refractivity contribution is 0.0689. The van der Waals surface area contributed by atoms with Crippen molar-refractivity contribution in [1.29, 1.82) is 0 Å². The quantitative estimate of drug-likeness (QED) is 0.511. The maximum Gasteiger partial charge on any atom is 0.356 e. The van der Waals surface area contributed by atoms with E-state index in [0.717, 1.165) is 21.3 Å². The molecule has 0 fully saturated rings. The van der Waals surface area contributed by atoms with Crippen molar-refractivity contribution in [2.24, 2.45) is 0 Å². The topological polar surface area (TPSA) is 64.3 Å². The Balaban J connectivity index is 1.84. The van der Waals surface area contributed by atoms with Gasteiger partial charge in [-0.25, -0.2) is 4.79 Å². The second-order valence-electron chi connectivity index (χ2n) is 5.91. The van der Waals surface area contributed by atoms with Crippen molar-refractivity contribution in [1.82, 2.24) is 9.78 Å². The first-order chi connectivity index (χ1) is 12.8. The van der Waals surface area contributed by atoms with Crippen LogP contribution in [0.25, 0.3) is 0 Å². The number of benzene rings is 2. The van der Waals surface area contributed by atoms with Gasteiger partial charge in [0, 0.05) is 31.3 Å². The lowest BCUT2D eigenvalue weighted by atomic mass is 10.2. The summed E-state index contributed by atoms with van der Waals surface area (Å²) in [6.45, 7) is 2.47. The molecule has 2 aromatic carbocycles. The van der Waals surface area contributed by atoms with Gasteiger partial charge >= 0.3 is 5.97 Å². The number of rotatable bonds is 6. The van der Waals surface area contributed by atoms with Crippen LogP contribution in [0.1, 0.15) is 27.3 Å². The van der Waals surface area contributed by atoms with Crippen molar-refractivity contribution < 1.29 is 14.6 Å². The fourth-order valence-corrected chi connectivity index (χ4v) is 3.41. The minimum absolute atomic E-state index is 0.0120. The zero-order chi connectivity index (χ0) is 19.6. The van der Waals surface area contributed by atoms with Crippen molar-refractivity contribution in [2.45, 2.75) is 20.1 Å². The molecule has 27 heavy (non-hydrogen) atoms. The van der Waals surface area contributed by atoms with Gasteiger partial charge in [0.15, 0.2) is 5.69 Å². The number of hydrogen-bond acceptors (Lipinski definition) is 3. The van der Waals surface area contributed by atoms with Crippen LogP contribution in [-0.2, 0) is 13.2 Å². The standard InChI is InChI=1S/C19H15BrCl2N2O3/c1-11-6-17(19(25)26)23-24(11)9-13-7-14(20)3-5-18(13)27-10-12-2-4-15(21)8-16(12)22/h2-8H,9-10H2,1H3,(H,25,26).